The average Bonchev–Trinajstić information content (AvgIpc) is 3.61. The smallest absolute Gasteiger partial charge is 0.599 e. The Kier molecular flexibility index (Phi) is 61.0. The Balaban J connectivity index is -0.0000000719. The van der Waals surface area contributed by atoms with E-state index in [1.807, 2.05) is 34.4 Å². The van der Waals surface area contributed by atoms with Gasteiger partial charge in [0.05, 0.1) is 6.54 Å². The number of carbonyl (C=O) groups is 2. The SMILES string of the molecule is C.CC.CC.CC(=O)NCC1CN(c2c[c-]c(N3CC[CH-]CC3)[c-]c2)C(=O)O1.CP.[2HH].[B].[CH3-].[U].[V].[W+2].[Y].[c-]1ccco1. The standard InChI is InChI=1S/C17H20N3O3.C4H3O.2C2H6.CH5P.CH4.CH3.B.U.V.W.Y.H2/c1-13(21)18-11-16-12-20(17(22)23-16)15-7-5-14(6-8-15)19-9-3-2-4-10-19;1-2-4-5-3-1;3*1-2;;;;;;;;/h2,7-8,16H,3-4,9-12H2,1H3,(H,18,21);1-3H;2*1-2H3;2H2,1H3;1H4;1H3;;;;;;1H/q-3;-1;;;;;-1;;;;+2;;/i;;;;;;;;;;;;1+1. The number of cyclic esters (lactones) is 1. The van der Waals surface area contributed by atoms with E-state index in [9.17, 15) is 9.59 Å². The average molecular weight is 1100 g/mol. The summed E-state index contributed by atoms with van der Waals surface area (Å²) in [5.41, 5.74) is 1.65. The predicted molar refractivity (Wildman–Crippen MR) is 163 cm³/mol. The van der Waals surface area contributed by atoms with E-state index >= 15 is 0 Å². The Bertz CT molecular complexity index is 772. The third kappa shape index (κ3) is 25.9. The fraction of sp³-hybridized carbons (Fsp3) is 0.500. The summed E-state index contributed by atoms with van der Waals surface area (Å²) < 4.78 is 9.71. The van der Waals surface area contributed by atoms with Gasteiger partial charge in [0.2, 0.25) is 5.91 Å². The Morgan fingerprint density at radius 3 is 2.07 bits per heavy atom. The molecule has 229 valence electrons. The minimum Gasteiger partial charge on any atom is -0.599 e. The number of hydrogen-bond donors (Lipinski definition) is 1. The van der Waals surface area contributed by atoms with Gasteiger partial charge in [0.15, 0.2) is 0 Å². The summed E-state index contributed by atoms with van der Waals surface area (Å²) >= 11 is 0. The first-order chi connectivity index (χ1) is 16.6. The molecule has 3 heterocycles. The van der Waals surface area contributed by atoms with Crippen LogP contribution in [-0.4, -0.2) is 59.4 Å². The monoisotopic (exact) mass is 1100 g/mol. The first-order valence-corrected chi connectivity index (χ1v) is 13.0. The molecule has 2 aliphatic heterocycles. The van der Waals surface area contributed by atoms with Gasteiger partial charge in [-0.15, -0.1) is 15.3 Å². The molecule has 2 unspecified atom stereocenters. The summed E-state index contributed by atoms with van der Waals surface area (Å²) in [6, 6.07) is 13.5. The molecule has 2 aromatic rings. The minimum atomic E-state index is -0.400. The molecular weight excluding hydrogens is 1050 g/mol. The van der Waals surface area contributed by atoms with Gasteiger partial charge in [0.1, 0.15) is 6.10 Å². The van der Waals surface area contributed by atoms with Crippen molar-refractivity contribution >= 4 is 41.0 Å². The molecule has 0 spiro atoms. The second-order valence-electron chi connectivity index (χ2n) is 6.49. The quantitative estimate of drug-likeness (QED) is 0.227. The predicted octanol–water partition coefficient (Wildman–Crippen LogP) is 6.12. The molecule has 1 N–H and O–H groups in total. The van der Waals surface area contributed by atoms with Gasteiger partial charge in [0.25, 0.3) is 0 Å². The first kappa shape index (κ1) is 61.0. The normalized spacial score (nSPS) is 13.3. The van der Waals surface area contributed by atoms with Gasteiger partial charge in [-0.3, -0.25) is 16.9 Å². The second-order valence-corrected chi connectivity index (χ2v) is 6.49. The number of hydrogen-bond acceptors (Lipinski definition) is 5. The van der Waals surface area contributed by atoms with E-state index in [1.54, 1.807) is 35.4 Å². The van der Waals surface area contributed by atoms with Crippen LogP contribution in [-0.2, 0) is 81.9 Å². The first-order valence-electron chi connectivity index (χ1n) is 11.8. The molecule has 7 nitrogen and oxygen atoms in total. The number of furan rings is 1. The van der Waals surface area contributed by atoms with E-state index in [4.69, 9.17) is 4.74 Å². The van der Waals surface area contributed by atoms with E-state index in [-0.39, 0.29) is 140 Å². The van der Waals surface area contributed by atoms with E-state index in [0.29, 0.717) is 18.8 Å². The van der Waals surface area contributed by atoms with Crippen LogP contribution < -0.4 is 15.1 Å². The number of nitrogens with one attached hydrogen (secondary N) is 1. The van der Waals surface area contributed by atoms with Crippen LogP contribution in [0.4, 0.5) is 16.2 Å². The molecular formula is C28H49BN3O4PUVWY-3. The summed E-state index contributed by atoms with van der Waals surface area (Å²) in [6.45, 7) is 14.1. The molecule has 41 heavy (non-hydrogen) atoms. The number of anilines is 2. The maximum absolute atomic E-state index is 12.0. The van der Waals surface area contributed by atoms with Gasteiger partial charge in [-0.1, -0.05) is 48.0 Å². The second kappa shape index (κ2) is 41.0. The molecule has 0 aliphatic carbocycles. The van der Waals surface area contributed by atoms with Gasteiger partial charge in [-0.2, -0.15) is 24.6 Å². The van der Waals surface area contributed by atoms with Crippen molar-refractivity contribution in [2.24, 2.45) is 0 Å². The largest absolute Gasteiger partial charge is 2.00 e. The maximum Gasteiger partial charge on any atom is 2.00 e. The summed E-state index contributed by atoms with van der Waals surface area (Å²) in [7, 11) is 2.42. The van der Waals surface area contributed by atoms with E-state index in [0.717, 1.165) is 31.6 Å². The minimum absolute atomic E-state index is 0. The summed E-state index contributed by atoms with van der Waals surface area (Å²) in [5, 5.41) is 2.66. The van der Waals surface area contributed by atoms with Crippen molar-refractivity contribution in [1.82, 2.24) is 5.32 Å². The van der Waals surface area contributed by atoms with E-state index in [2.05, 4.69) is 48.7 Å². The van der Waals surface area contributed by atoms with Gasteiger partial charge >= 0.3 is 27.2 Å². The van der Waals surface area contributed by atoms with Crippen LogP contribution in [0.2, 0.25) is 0 Å². The zero-order chi connectivity index (χ0) is 25.8. The Morgan fingerprint density at radius 2 is 1.68 bits per heavy atom. The van der Waals surface area contributed by atoms with Gasteiger partial charge in [0, 0.05) is 106 Å². The third-order valence-corrected chi connectivity index (χ3v) is 4.38. The molecule has 2 aliphatic rings. The van der Waals surface area contributed by atoms with E-state index < -0.39 is 6.09 Å². The van der Waals surface area contributed by atoms with Crippen LogP contribution in [0, 0.1) is 63.4 Å². The maximum atomic E-state index is 12.0. The Hall–Kier alpha value is 0.964. The molecule has 4 rings (SSSR count). The van der Waals surface area contributed by atoms with Crippen LogP contribution in [0.5, 0.6) is 0 Å². The summed E-state index contributed by atoms with van der Waals surface area (Å²) in [6.07, 6.45) is 7.77. The van der Waals surface area contributed by atoms with Crippen molar-refractivity contribution < 1.29 is 124 Å². The number of nitrogens with zero attached hydrogens (tertiary/aromatic N) is 2. The van der Waals surface area contributed by atoms with Crippen molar-refractivity contribution in [1.29, 1.82) is 0 Å². The molecule has 2 amide bonds. The number of amides is 2. The van der Waals surface area contributed by atoms with Crippen LogP contribution in [0.3, 0.4) is 0 Å². The van der Waals surface area contributed by atoms with E-state index in [1.165, 1.54) is 6.92 Å². The summed E-state index contributed by atoms with van der Waals surface area (Å²) in [4.78, 5) is 26.7. The van der Waals surface area contributed by atoms with Crippen LogP contribution in [0.15, 0.2) is 34.9 Å². The van der Waals surface area contributed by atoms with Crippen molar-refractivity contribution in [2.45, 2.75) is 61.0 Å². The molecule has 1 aromatic heterocycles. The number of rotatable bonds is 4. The number of piperidine rings is 1. The number of ether oxygens (including phenoxy) is 1. The zero-order valence-corrected chi connectivity index (χ0v) is 37.4. The van der Waals surface area contributed by atoms with Crippen molar-refractivity contribution in [3.63, 3.8) is 0 Å². The number of benzene rings is 1. The van der Waals surface area contributed by atoms with Gasteiger partial charge < -0.3 is 50.3 Å². The van der Waals surface area contributed by atoms with Crippen LogP contribution >= 0.6 is 9.24 Å². The molecule has 0 saturated carbocycles. The molecule has 5 radical (unpaired) electrons. The van der Waals surface area contributed by atoms with Crippen molar-refractivity contribution in [3.8, 4) is 0 Å². The van der Waals surface area contributed by atoms with Gasteiger partial charge in [-0.05, 0) is 19.4 Å². The fourth-order valence-electron chi connectivity index (χ4n) is 2.97. The zero-order valence-electron chi connectivity index (χ0n) is 24.9. The third-order valence-electron chi connectivity index (χ3n) is 4.38. The molecule has 2 atom stereocenters. The van der Waals surface area contributed by atoms with Gasteiger partial charge in [-0.25, -0.2) is 10.5 Å². The van der Waals surface area contributed by atoms with Crippen molar-refractivity contribution in [2.75, 3.05) is 42.6 Å². The summed E-state index contributed by atoms with van der Waals surface area (Å²) in [5.74, 6) is -0.135. The molecule has 1 aromatic carbocycles. The molecule has 2 saturated heterocycles. The fourth-order valence-corrected chi connectivity index (χ4v) is 2.97. The van der Waals surface area contributed by atoms with Crippen molar-refractivity contribution in [3.05, 3.63) is 62.8 Å². The number of carbonyl (C=O) groups excluding carboxylic acids is 2. The van der Waals surface area contributed by atoms with Crippen LogP contribution in [0.1, 0.15) is 56.3 Å². The Labute approximate surface area is 332 Å². The Morgan fingerprint density at radius 1 is 1.17 bits per heavy atom. The van der Waals surface area contributed by atoms with Crippen LogP contribution in [0.25, 0.3) is 0 Å². The topological polar surface area (TPSA) is 75.0 Å². The molecule has 0 bridgehead atoms. The molecule has 2 fully saturated rings. The molecule has 13 heteroatoms.